The summed E-state index contributed by atoms with van der Waals surface area (Å²) in [6.07, 6.45) is 0.918. The van der Waals surface area contributed by atoms with Gasteiger partial charge in [-0.1, -0.05) is 6.92 Å². The Balaban J connectivity index is 1.68. The zero-order chi connectivity index (χ0) is 20.4. The van der Waals surface area contributed by atoms with E-state index in [1.807, 2.05) is 38.8 Å². The Kier molecular flexibility index (Phi) is 5.98. The highest BCUT2D eigenvalue weighted by Crippen LogP contribution is 2.23. The van der Waals surface area contributed by atoms with Crippen molar-refractivity contribution in [3.8, 4) is 0 Å². The first kappa shape index (κ1) is 20.3. The number of carbonyl (C=O) groups excluding carboxylic acids is 2. The van der Waals surface area contributed by atoms with Crippen LogP contribution in [-0.4, -0.2) is 75.1 Å². The lowest BCUT2D eigenvalue weighted by Gasteiger charge is -2.34. The molecule has 1 fully saturated rings. The van der Waals surface area contributed by atoms with Crippen molar-refractivity contribution in [1.82, 2.24) is 29.9 Å². The number of nitrogens with one attached hydrogen (secondary N) is 1. The Morgan fingerprint density at radius 2 is 1.89 bits per heavy atom. The number of rotatable bonds is 5. The lowest BCUT2D eigenvalue weighted by molar-refractivity contribution is -0.123. The van der Waals surface area contributed by atoms with Crippen molar-refractivity contribution in [3.05, 3.63) is 23.0 Å². The monoisotopic (exact) mass is 386 g/mol. The highest BCUT2D eigenvalue weighted by molar-refractivity contribution is 6.06. The van der Waals surface area contributed by atoms with Gasteiger partial charge in [0.1, 0.15) is 0 Å². The third-order valence-electron chi connectivity index (χ3n) is 5.37. The van der Waals surface area contributed by atoms with E-state index in [4.69, 9.17) is 0 Å². The van der Waals surface area contributed by atoms with E-state index in [0.717, 1.165) is 28.8 Å². The number of hydrogen-bond acceptors (Lipinski definition) is 5. The molecule has 1 aliphatic heterocycles. The smallest absolute Gasteiger partial charge is 0.254 e. The van der Waals surface area contributed by atoms with E-state index >= 15 is 0 Å². The first-order chi connectivity index (χ1) is 13.3. The second-order valence-corrected chi connectivity index (χ2v) is 7.66. The van der Waals surface area contributed by atoms with Crippen molar-refractivity contribution >= 4 is 22.8 Å². The Labute approximate surface area is 165 Å². The van der Waals surface area contributed by atoms with Gasteiger partial charge >= 0.3 is 0 Å². The molecule has 1 atom stereocenters. The lowest BCUT2D eigenvalue weighted by Crippen LogP contribution is -2.51. The molecule has 152 valence electrons. The van der Waals surface area contributed by atoms with Crippen molar-refractivity contribution in [2.45, 2.75) is 40.2 Å². The fraction of sp³-hybridized carbons (Fsp3) is 0.600. The third-order valence-corrected chi connectivity index (χ3v) is 5.37. The minimum absolute atomic E-state index is 0.00954. The van der Waals surface area contributed by atoms with Crippen molar-refractivity contribution in [3.63, 3.8) is 0 Å². The molecule has 1 unspecified atom stereocenters. The molecule has 0 bridgehead atoms. The van der Waals surface area contributed by atoms with Gasteiger partial charge in [-0.25, -0.2) is 4.98 Å². The minimum Gasteiger partial charge on any atom is -0.353 e. The SMILES string of the molecule is CCC(C)NC(=O)CN1CCN(C(=O)c2cc(C)nc3c2c(C)nn3C)CC1. The molecule has 1 saturated heterocycles. The number of hydrogen-bond donors (Lipinski definition) is 1. The van der Waals surface area contributed by atoms with Crippen LogP contribution in [0.15, 0.2) is 6.07 Å². The molecule has 2 aromatic rings. The lowest BCUT2D eigenvalue weighted by atomic mass is 10.1. The van der Waals surface area contributed by atoms with E-state index < -0.39 is 0 Å². The molecule has 1 aliphatic rings. The van der Waals surface area contributed by atoms with Gasteiger partial charge in [-0.15, -0.1) is 0 Å². The van der Waals surface area contributed by atoms with E-state index in [-0.39, 0.29) is 17.9 Å². The summed E-state index contributed by atoms with van der Waals surface area (Å²) in [7, 11) is 1.85. The maximum absolute atomic E-state index is 13.2. The van der Waals surface area contributed by atoms with Gasteiger partial charge in [0.25, 0.3) is 5.91 Å². The molecule has 3 heterocycles. The fourth-order valence-corrected chi connectivity index (χ4v) is 3.64. The number of aromatic nitrogens is 3. The summed E-state index contributed by atoms with van der Waals surface area (Å²) in [5.74, 6) is 0.0573. The van der Waals surface area contributed by atoms with Crippen molar-refractivity contribution < 1.29 is 9.59 Å². The molecule has 8 heteroatoms. The van der Waals surface area contributed by atoms with Crippen LogP contribution >= 0.6 is 0 Å². The standard InChI is InChI=1S/C20H30N6O2/c1-6-13(2)21-17(27)12-25-7-9-26(10-8-25)20(28)16-11-14(3)22-19-18(16)15(4)23-24(19)5/h11,13H,6-10,12H2,1-5H3,(H,21,27). The Morgan fingerprint density at radius 3 is 2.54 bits per heavy atom. The third kappa shape index (κ3) is 4.16. The van der Waals surface area contributed by atoms with Crippen LogP contribution in [0.1, 0.15) is 42.0 Å². The molecular formula is C20H30N6O2. The Morgan fingerprint density at radius 1 is 1.21 bits per heavy atom. The van der Waals surface area contributed by atoms with Crippen LogP contribution in [0.5, 0.6) is 0 Å². The van der Waals surface area contributed by atoms with Crippen molar-refractivity contribution in [1.29, 1.82) is 0 Å². The molecule has 0 aromatic carbocycles. The average Bonchev–Trinajstić information content (AvgIpc) is 2.94. The molecule has 0 spiro atoms. The first-order valence-corrected chi connectivity index (χ1v) is 9.92. The van der Waals surface area contributed by atoms with Gasteiger partial charge in [0.15, 0.2) is 5.65 Å². The zero-order valence-electron chi connectivity index (χ0n) is 17.4. The van der Waals surface area contributed by atoms with Crippen LogP contribution in [0.2, 0.25) is 0 Å². The summed E-state index contributed by atoms with van der Waals surface area (Å²) < 4.78 is 1.72. The van der Waals surface area contributed by atoms with Gasteiger partial charge in [0.2, 0.25) is 5.91 Å². The summed E-state index contributed by atoms with van der Waals surface area (Å²) in [5.41, 5.74) is 3.02. The summed E-state index contributed by atoms with van der Waals surface area (Å²) >= 11 is 0. The highest BCUT2D eigenvalue weighted by Gasteiger charge is 2.26. The summed E-state index contributed by atoms with van der Waals surface area (Å²) in [6, 6.07) is 2.04. The number of amides is 2. The van der Waals surface area contributed by atoms with Gasteiger partial charge in [0.05, 0.1) is 23.2 Å². The van der Waals surface area contributed by atoms with Gasteiger partial charge in [0, 0.05) is 45.0 Å². The van der Waals surface area contributed by atoms with Gasteiger partial charge in [-0.2, -0.15) is 5.10 Å². The number of carbonyl (C=O) groups is 2. The topological polar surface area (TPSA) is 83.4 Å². The molecule has 1 N–H and O–H groups in total. The summed E-state index contributed by atoms with van der Waals surface area (Å²) in [4.78, 5) is 33.8. The Bertz CT molecular complexity index is 882. The van der Waals surface area contributed by atoms with E-state index in [1.54, 1.807) is 4.68 Å². The van der Waals surface area contributed by atoms with Gasteiger partial charge < -0.3 is 10.2 Å². The van der Waals surface area contributed by atoms with Gasteiger partial charge in [-0.3, -0.25) is 19.2 Å². The molecule has 3 rings (SSSR count). The van der Waals surface area contributed by atoms with E-state index in [2.05, 4.69) is 27.2 Å². The quantitative estimate of drug-likeness (QED) is 0.836. The predicted octanol–water partition coefficient (Wildman–Crippen LogP) is 1.26. The number of aryl methyl sites for hydroxylation is 3. The molecule has 28 heavy (non-hydrogen) atoms. The largest absolute Gasteiger partial charge is 0.353 e. The molecule has 0 aliphatic carbocycles. The van der Waals surface area contributed by atoms with E-state index in [9.17, 15) is 9.59 Å². The predicted molar refractivity (Wildman–Crippen MR) is 108 cm³/mol. The zero-order valence-corrected chi connectivity index (χ0v) is 17.4. The maximum atomic E-state index is 13.2. The van der Waals surface area contributed by atoms with Crippen molar-refractivity contribution in [2.24, 2.45) is 7.05 Å². The molecular weight excluding hydrogens is 356 g/mol. The summed E-state index contributed by atoms with van der Waals surface area (Å²) in [5, 5.41) is 8.25. The molecule has 2 aromatic heterocycles. The van der Waals surface area contributed by atoms with E-state index in [1.165, 1.54) is 0 Å². The van der Waals surface area contributed by atoms with Crippen molar-refractivity contribution in [2.75, 3.05) is 32.7 Å². The van der Waals surface area contributed by atoms with Crippen LogP contribution < -0.4 is 5.32 Å². The van der Waals surface area contributed by atoms with Gasteiger partial charge in [-0.05, 0) is 33.3 Å². The summed E-state index contributed by atoms with van der Waals surface area (Å²) in [6.45, 7) is 10.8. The van der Waals surface area contributed by atoms with E-state index in [0.29, 0.717) is 38.3 Å². The second-order valence-electron chi connectivity index (χ2n) is 7.66. The first-order valence-electron chi connectivity index (χ1n) is 9.92. The van der Waals surface area contributed by atoms with Crippen LogP contribution in [0.4, 0.5) is 0 Å². The molecule has 8 nitrogen and oxygen atoms in total. The van der Waals surface area contributed by atoms with Crippen LogP contribution in [0, 0.1) is 13.8 Å². The number of fused-ring (bicyclic) bond motifs is 1. The van der Waals surface area contributed by atoms with Crippen LogP contribution in [-0.2, 0) is 11.8 Å². The Hall–Kier alpha value is -2.48. The number of pyridine rings is 1. The number of piperazine rings is 1. The minimum atomic E-state index is 0.00954. The fourth-order valence-electron chi connectivity index (χ4n) is 3.64. The number of nitrogens with zero attached hydrogens (tertiary/aromatic N) is 5. The van der Waals surface area contributed by atoms with Crippen LogP contribution in [0.25, 0.3) is 11.0 Å². The molecule has 2 amide bonds. The molecule has 0 radical (unpaired) electrons. The average molecular weight is 387 g/mol. The molecule has 0 saturated carbocycles. The van der Waals surface area contributed by atoms with Crippen LogP contribution in [0.3, 0.4) is 0 Å². The normalized spacial score (nSPS) is 16.4. The maximum Gasteiger partial charge on any atom is 0.254 e. The highest BCUT2D eigenvalue weighted by atomic mass is 16.2. The second kappa shape index (κ2) is 8.26.